The number of rotatable bonds is 4. The highest BCUT2D eigenvalue weighted by Crippen LogP contribution is 2.21. The summed E-state index contributed by atoms with van der Waals surface area (Å²) in [4.78, 5) is 11.2. The van der Waals surface area contributed by atoms with Gasteiger partial charge in [-0.1, -0.05) is 45.0 Å². The third-order valence-electron chi connectivity index (χ3n) is 2.65. The second kappa shape index (κ2) is 5.85. The van der Waals surface area contributed by atoms with Crippen LogP contribution in [0.15, 0.2) is 24.3 Å². The molecule has 0 aliphatic heterocycles. The first-order chi connectivity index (χ1) is 7.90. The number of hydrogen-bond acceptors (Lipinski definition) is 1. The lowest BCUT2D eigenvalue weighted by atomic mass is 9.87. The zero-order valence-corrected chi connectivity index (χ0v) is 11.3. The van der Waals surface area contributed by atoms with E-state index < -0.39 is 0 Å². The lowest BCUT2D eigenvalue weighted by Crippen LogP contribution is -2.18. The van der Waals surface area contributed by atoms with Crippen molar-refractivity contribution in [3.05, 3.63) is 35.4 Å². The molecule has 0 radical (unpaired) electrons. The highest BCUT2D eigenvalue weighted by molar-refractivity contribution is 5.75. The highest BCUT2D eigenvalue weighted by atomic mass is 16.1. The van der Waals surface area contributed by atoms with Gasteiger partial charge in [-0.05, 0) is 29.4 Å². The van der Waals surface area contributed by atoms with Crippen molar-refractivity contribution in [2.75, 3.05) is 7.05 Å². The normalized spacial score (nSPS) is 11.3. The van der Waals surface area contributed by atoms with Crippen LogP contribution in [0.4, 0.5) is 0 Å². The number of amides is 1. The van der Waals surface area contributed by atoms with Crippen LogP contribution >= 0.6 is 0 Å². The summed E-state index contributed by atoms with van der Waals surface area (Å²) in [7, 11) is 1.68. The minimum absolute atomic E-state index is 0.103. The van der Waals surface area contributed by atoms with Crippen molar-refractivity contribution in [3.63, 3.8) is 0 Å². The van der Waals surface area contributed by atoms with Crippen molar-refractivity contribution >= 4 is 5.91 Å². The third kappa shape index (κ3) is 5.53. The molecule has 1 aromatic carbocycles. The summed E-state index contributed by atoms with van der Waals surface area (Å²) in [6, 6.07) is 8.55. The summed E-state index contributed by atoms with van der Waals surface area (Å²) in [5.74, 6) is 0.103. The van der Waals surface area contributed by atoms with Gasteiger partial charge >= 0.3 is 0 Å². The van der Waals surface area contributed by atoms with Gasteiger partial charge in [0.1, 0.15) is 0 Å². The molecule has 1 N–H and O–H groups in total. The fourth-order valence-electron chi connectivity index (χ4n) is 1.89. The van der Waals surface area contributed by atoms with Crippen LogP contribution in [0.2, 0.25) is 0 Å². The van der Waals surface area contributed by atoms with Gasteiger partial charge < -0.3 is 5.32 Å². The topological polar surface area (TPSA) is 29.1 Å². The van der Waals surface area contributed by atoms with E-state index in [9.17, 15) is 4.79 Å². The van der Waals surface area contributed by atoms with E-state index in [4.69, 9.17) is 0 Å². The lowest BCUT2D eigenvalue weighted by Gasteiger charge is -2.18. The summed E-state index contributed by atoms with van der Waals surface area (Å²) in [5.41, 5.74) is 2.90. The summed E-state index contributed by atoms with van der Waals surface area (Å²) in [5, 5.41) is 2.65. The Morgan fingerprint density at radius 3 is 2.47 bits per heavy atom. The lowest BCUT2D eigenvalue weighted by molar-refractivity contribution is -0.120. The van der Waals surface area contributed by atoms with Crippen molar-refractivity contribution in [2.24, 2.45) is 5.41 Å². The molecule has 1 amide bonds. The summed E-state index contributed by atoms with van der Waals surface area (Å²) in [6.07, 6.45) is 2.45. The molecule has 0 spiro atoms. The third-order valence-corrected chi connectivity index (χ3v) is 2.65. The number of hydrogen-bond donors (Lipinski definition) is 1. The first-order valence-corrected chi connectivity index (χ1v) is 6.19. The Bertz CT molecular complexity index is 377. The maximum absolute atomic E-state index is 11.2. The average Bonchev–Trinajstić information content (AvgIpc) is 2.24. The molecule has 94 valence electrons. The van der Waals surface area contributed by atoms with Crippen molar-refractivity contribution < 1.29 is 4.79 Å². The minimum Gasteiger partial charge on any atom is -0.359 e. The molecule has 0 aliphatic rings. The predicted molar refractivity (Wildman–Crippen MR) is 72.0 cm³/mol. The van der Waals surface area contributed by atoms with Crippen LogP contribution in [0.25, 0.3) is 0 Å². The number of carbonyl (C=O) groups is 1. The van der Waals surface area contributed by atoms with Crippen molar-refractivity contribution in [2.45, 2.75) is 40.0 Å². The predicted octanol–water partition coefficient (Wildman–Crippen LogP) is 2.95. The summed E-state index contributed by atoms with van der Waals surface area (Å²) < 4.78 is 0. The van der Waals surface area contributed by atoms with E-state index in [0.717, 1.165) is 12.8 Å². The second-order valence-corrected chi connectivity index (χ2v) is 5.73. The summed E-state index contributed by atoms with van der Waals surface area (Å²) >= 11 is 0. The Kier molecular flexibility index (Phi) is 4.73. The van der Waals surface area contributed by atoms with Crippen LogP contribution in [0.1, 0.15) is 38.3 Å². The second-order valence-electron chi connectivity index (χ2n) is 5.73. The molecule has 0 saturated heterocycles. The molecule has 2 heteroatoms. The Balaban J connectivity index is 2.63. The molecule has 1 aromatic rings. The van der Waals surface area contributed by atoms with Gasteiger partial charge in [-0.15, -0.1) is 0 Å². The molecule has 0 aliphatic carbocycles. The van der Waals surface area contributed by atoms with E-state index in [-0.39, 0.29) is 5.91 Å². The van der Waals surface area contributed by atoms with Gasteiger partial charge in [-0.3, -0.25) is 4.79 Å². The van der Waals surface area contributed by atoms with Crippen LogP contribution in [-0.4, -0.2) is 13.0 Å². The highest BCUT2D eigenvalue weighted by Gasteiger charge is 2.11. The van der Waals surface area contributed by atoms with E-state index in [1.807, 2.05) is 0 Å². The Morgan fingerprint density at radius 2 is 1.88 bits per heavy atom. The summed E-state index contributed by atoms with van der Waals surface area (Å²) in [6.45, 7) is 6.72. The molecule has 0 bridgehead atoms. The Hall–Kier alpha value is -1.31. The van der Waals surface area contributed by atoms with Gasteiger partial charge in [0.25, 0.3) is 0 Å². The number of benzene rings is 1. The van der Waals surface area contributed by atoms with Crippen molar-refractivity contribution in [1.82, 2.24) is 5.32 Å². The van der Waals surface area contributed by atoms with E-state index in [1.165, 1.54) is 11.1 Å². The fourth-order valence-corrected chi connectivity index (χ4v) is 1.89. The van der Waals surface area contributed by atoms with Crippen molar-refractivity contribution in [3.8, 4) is 0 Å². The zero-order chi connectivity index (χ0) is 12.9. The van der Waals surface area contributed by atoms with Gasteiger partial charge in [0.15, 0.2) is 0 Å². The van der Waals surface area contributed by atoms with E-state index in [0.29, 0.717) is 11.8 Å². The molecule has 0 atom stereocenters. The number of nitrogens with one attached hydrogen (secondary N) is 1. The first-order valence-electron chi connectivity index (χ1n) is 6.19. The number of carbonyl (C=O) groups excluding carboxylic acids is 1. The van der Waals surface area contributed by atoms with Crippen LogP contribution in [0.3, 0.4) is 0 Å². The van der Waals surface area contributed by atoms with Gasteiger partial charge in [-0.25, -0.2) is 0 Å². The molecule has 0 heterocycles. The SMILES string of the molecule is CNC(=O)CCc1cccc(CC(C)(C)C)c1. The largest absolute Gasteiger partial charge is 0.359 e. The zero-order valence-electron chi connectivity index (χ0n) is 11.3. The Labute approximate surface area is 104 Å². The van der Waals surface area contributed by atoms with E-state index in [2.05, 4.69) is 50.4 Å². The fraction of sp³-hybridized carbons (Fsp3) is 0.533. The maximum Gasteiger partial charge on any atom is 0.220 e. The van der Waals surface area contributed by atoms with E-state index >= 15 is 0 Å². The molecule has 0 fully saturated rings. The van der Waals surface area contributed by atoms with Crippen LogP contribution in [0, 0.1) is 5.41 Å². The number of aryl methyl sites for hydroxylation is 1. The van der Waals surface area contributed by atoms with Gasteiger partial charge in [0, 0.05) is 13.5 Å². The Morgan fingerprint density at radius 1 is 1.24 bits per heavy atom. The molecule has 2 nitrogen and oxygen atoms in total. The van der Waals surface area contributed by atoms with E-state index in [1.54, 1.807) is 7.05 Å². The smallest absolute Gasteiger partial charge is 0.220 e. The van der Waals surface area contributed by atoms with Crippen LogP contribution < -0.4 is 5.32 Å². The monoisotopic (exact) mass is 233 g/mol. The minimum atomic E-state index is 0.103. The average molecular weight is 233 g/mol. The molecule has 17 heavy (non-hydrogen) atoms. The molecular formula is C15H23NO. The molecular weight excluding hydrogens is 210 g/mol. The van der Waals surface area contributed by atoms with Crippen LogP contribution in [-0.2, 0) is 17.6 Å². The standard InChI is InChI=1S/C15H23NO/c1-15(2,3)11-13-7-5-6-12(10-13)8-9-14(17)16-4/h5-7,10H,8-9,11H2,1-4H3,(H,16,17). The van der Waals surface area contributed by atoms with Crippen LogP contribution in [0.5, 0.6) is 0 Å². The molecule has 1 rings (SSSR count). The first kappa shape index (κ1) is 13.8. The van der Waals surface area contributed by atoms with Crippen molar-refractivity contribution in [1.29, 1.82) is 0 Å². The molecule has 0 saturated carbocycles. The molecule has 0 aromatic heterocycles. The maximum atomic E-state index is 11.2. The van der Waals surface area contributed by atoms with Gasteiger partial charge in [-0.2, -0.15) is 0 Å². The van der Waals surface area contributed by atoms with Gasteiger partial charge in [0.2, 0.25) is 5.91 Å². The molecule has 0 unspecified atom stereocenters. The quantitative estimate of drug-likeness (QED) is 0.851. The van der Waals surface area contributed by atoms with Gasteiger partial charge in [0.05, 0.1) is 0 Å².